The third-order valence-corrected chi connectivity index (χ3v) is 3.54. The highest BCUT2D eigenvalue weighted by molar-refractivity contribution is 6.32. The second-order valence-electron chi connectivity index (χ2n) is 4.48. The van der Waals surface area contributed by atoms with Crippen molar-refractivity contribution in [2.75, 3.05) is 0 Å². The average Bonchev–Trinajstić information content (AvgIpc) is 2.38. The SMILES string of the molecule is Cc1ccc2c(-c3ccc(Cl)cc3)cc(Cl)cc2n1. The Morgan fingerprint density at radius 1 is 0.842 bits per heavy atom. The summed E-state index contributed by atoms with van der Waals surface area (Å²) in [6, 6.07) is 15.7. The van der Waals surface area contributed by atoms with Crippen molar-refractivity contribution in [2.45, 2.75) is 6.92 Å². The fraction of sp³-hybridized carbons (Fsp3) is 0.0625. The van der Waals surface area contributed by atoms with Gasteiger partial charge in [0.2, 0.25) is 0 Å². The first-order valence-electron chi connectivity index (χ1n) is 5.96. The van der Waals surface area contributed by atoms with Crippen molar-refractivity contribution in [1.82, 2.24) is 4.98 Å². The minimum Gasteiger partial charge on any atom is -0.253 e. The predicted octanol–water partition coefficient (Wildman–Crippen LogP) is 5.52. The van der Waals surface area contributed by atoms with E-state index in [1.807, 2.05) is 49.4 Å². The summed E-state index contributed by atoms with van der Waals surface area (Å²) in [5.41, 5.74) is 4.06. The number of aromatic nitrogens is 1. The minimum atomic E-state index is 0.690. The Labute approximate surface area is 121 Å². The normalized spacial score (nSPS) is 10.9. The van der Waals surface area contributed by atoms with Gasteiger partial charge in [-0.25, -0.2) is 0 Å². The maximum Gasteiger partial charge on any atom is 0.0726 e. The Morgan fingerprint density at radius 2 is 1.58 bits per heavy atom. The minimum absolute atomic E-state index is 0.690. The number of aryl methyl sites for hydroxylation is 1. The van der Waals surface area contributed by atoms with E-state index in [2.05, 4.69) is 11.1 Å². The van der Waals surface area contributed by atoms with Gasteiger partial charge in [-0.05, 0) is 48.4 Å². The lowest BCUT2D eigenvalue weighted by molar-refractivity contribution is 1.26. The van der Waals surface area contributed by atoms with Gasteiger partial charge in [-0.15, -0.1) is 0 Å². The molecule has 1 aromatic heterocycles. The molecule has 0 unspecified atom stereocenters. The molecule has 0 atom stereocenters. The van der Waals surface area contributed by atoms with Crippen LogP contribution in [0.2, 0.25) is 10.0 Å². The molecule has 3 rings (SSSR count). The van der Waals surface area contributed by atoms with E-state index < -0.39 is 0 Å². The van der Waals surface area contributed by atoms with E-state index in [4.69, 9.17) is 23.2 Å². The summed E-state index contributed by atoms with van der Waals surface area (Å²) in [6.45, 7) is 1.97. The lowest BCUT2D eigenvalue weighted by Gasteiger charge is -2.08. The van der Waals surface area contributed by atoms with Crippen molar-refractivity contribution in [1.29, 1.82) is 0 Å². The van der Waals surface area contributed by atoms with Crippen molar-refractivity contribution < 1.29 is 0 Å². The topological polar surface area (TPSA) is 12.9 Å². The molecule has 1 heterocycles. The van der Waals surface area contributed by atoms with Crippen LogP contribution in [0, 0.1) is 6.92 Å². The van der Waals surface area contributed by atoms with Crippen LogP contribution in [0.4, 0.5) is 0 Å². The third-order valence-electron chi connectivity index (χ3n) is 3.07. The van der Waals surface area contributed by atoms with Crippen molar-refractivity contribution in [3.05, 3.63) is 64.3 Å². The zero-order valence-electron chi connectivity index (χ0n) is 10.3. The van der Waals surface area contributed by atoms with E-state index in [1.165, 1.54) is 0 Å². The second kappa shape index (κ2) is 4.84. The van der Waals surface area contributed by atoms with E-state index in [9.17, 15) is 0 Å². The molecule has 0 saturated heterocycles. The Balaban J connectivity index is 2.30. The van der Waals surface area contributed by atoms with Crippen LogP contribution in [0.3, 0.4) is 0 Å². The highest BCUT2D eigenvalue weighted by Gasteiger charge is 2.07. The third kappa shape index (κ3) is 2.44. The van der Waals surface area contributed by atoms with Gasteiger partial charge in [0, 0.05) is 21.1 Å². The number of halogens is 2. The Kier molecular flexibility index (Phi) is 3.17. The molecule has 0 spiro atoms. The summed E-state index contributed by atoms with van der Waals surface area (Å²) < 4.78 is 0. The number of pyridine rings is 1. The Morgan fingerprint density at radius 3 is 2.32 bits per heavy atom. The largest absolute Gasteiger partial charge is 0.253 e. The molecule has 0 bridgehead atoms. The lowest BCUT2D eigenvalue weighted by Crippen LogP contribution is -1.87. The number of benzene rings is 2. The average molecular weight is 288 g/mol. The van der Waals surface area contributed by atoms with Crippen LogP contribution in [-0.4, -0.2) is 4.98 Å². The van der Waals surface area contributed by atoms with Gasteiger partial charge < -0.3 is 0 Å². The molecule has 94 valence electrons. The van der Waals surface area contributed by atoms with Crippen LogP contribution in [0.1, 0.15) is 5.69 Å². The van der Waals surface area contributed by atoms with Crippen LogP contribution < -0.4 is 0 Å². The zero-order chi connectivity index (χ0) is 13.4. The first-order valence-corrected chi connectivity index (χ1v) is 6.72. The first-order chi connectivity index (χ1) is 9.13. The molecule has 2 aromatic carbocycles. The van der Waals surface area contributed by atoms with E-state index in [-0.39, 0.29) is 0 Å². The van der Waals surface area contributed by atoms with Gasteiger partial charge in [0.25, 0.3) is 0 Å². The molecule has 0 fully saturated rings. The first kappa shape index (κ1) is 12.5. The van der Waals surface area contributed by atoms with Crippen LogP contribution in [0.5, 0.6) is 0 Å². The van der Waals surface area contributed by atoms with Gasteiger partial charge in [-0.1, -0.05) is 41.4 Å². The number of hydrogen-bond acceptors (Lipinski definition) is 1. The molecular weight excluding hydrogens is 277 g/mol. The summed E-state index contributed by atoms with van der Waals surface area (Å²) in [7, 11) is 0. The number of fused-ring (bicyclic) bond motifs is 1. The van der Waals surface area contributed by atoms with E-state index >= 15 is 0 Å². The zero-order valence-corrected chi connectivity index (χ0v) is 11.8. The molecule has 0 aliphatic rings. The van der Waals surface area contributed by atoms with Gasteiger partial charge in [0.1, 0.15) is 0 Å². The molecule has 3 heteroatoms. The van der Waals surface area contributed by atoms with Gasteiger partial charge in [-0.3, -0.25) is 4.98 Å². The molecule has 0 amide bonds. The molecule has 0 radical (unpaired) electrons. The molecular formula is C16H11Cl2N. The number of hydrogen-bond donors (Lipinski definition) is 0. The molecule has 1 nitrogen and oxygen atoms in total. The van der Waals surface area contributed by atoms with Crippen LogP contribution in [0.25, 0.3) is 22.0 Å². The monoisotopic (exact) mass is 287 g/mol. The predicted molar refractivity (Wildman–Crippen MR) is 81.9 cm³/mol. The molecule has 3 aromatic rings. The van der Waals surface area contributed by atoms with Crippen molar-refractivity contribution in [3.8, 4) is 11.1 Å². The van der Waals surface area contributed by atoms with Crippen molar-refractivity contribution in [3.63, 3.8) is 0 Å². The standard InChI is InChI=1S/C16H11Cl2N/c1-10-2-7-14-15(8-13(18)9-16(14)19-10)11-3-5-12(17)6-4-11/h2-9H,1H3. The molecule has 0 N–H and O–H groups in total. The fourth-order valence-corrected chi connectivity index (χ4v) is 2.51. The maximum absolute atomic E-state index is 6.19. The van der Waals surface area contributed by atoms with E-state index in [0.717, 1.165) is 32.7 Å². The summed E-state index contributed by atoms with van der Waals surface area (Å²) in [5, 5.41) is 2.51. The van der Waals surface area contributed by atoms with Gasteiger partial charge in [0.15, 0.2) is 0 Å². The summed E-state index contributed by atoms with van der Waals surface area (Å²) >= 11 is 12.1. The lowest BCUT2D eigenvalue weighted by atomic mass is 10.0. The summed E-state index contributed by atoms with van der Waals surface area (Å²) in [5.74, 6) is 0. The quantitative estimate of drug-likeness (QED) is 0.574. The fourth-order valence-electron chi connectivity index (χ4n) is 2.17. The Bertz CT molecular complexity index is 743. The van der Waals surface area contributed by atoms with Crippen molar-refractivity contribution >= 4 is 34.1 Å². The van der Waals surface area contributed by atoms with Crippen molar-refractivity contribution in [2.24, 2.45) is 0 Å². The number of rotatable bonds is 1. The summed E-state index contributed by atoms with van der Waals surface area (Å²) in [4.78, 5) is 4.53. The van der Waals surface area contributed by atoms with Gasteiger partial charge in [-0.2, -0.15) is 0 Å². The molecule has 0 saturated carbocycles. The smallest absolute Gasteiger partial charge is 0.0726 e. The van der Waals surface area contributed by atoms with Gasteiger partial charge >= 0.3 is 0 Å². The highest BCUT2D eigenvalue weighted by atomic mass is 35.5. The molecule has 19 heavy (non-hydrogen) atoms. The molecule has 0 aliphatic carbocycles. The van der Waals surface area contributed by atoms with E-state index in [0.29, 0.717) is 5.02 Å². The van der Waals surface area contributed by atoms with Crippen LogP contribution in [-0.2, 0) is 0 Å². The number of nitrogens with zero attached hydrogens (tertiary/aromatic N) is 1. The second-order valence-corrected chi connectivity index (χ2v) is 5.35. The molecule has 0 aliphatic heterocycles. The van der Waals surface area contributed by atoms with Crippen LogP contribution >= 0.6 is 23.2 Å². The van der Waals surface area contributed by atoms with Crippen LogP contribution in [0.15, 0.2) is 48.5 Å². The van der Waals surface area contributed by atoms with E-state index in [1.54, 1.807) is 0 Å². The van der Waals surface area contributed by atoms with Gasteiger partial charge in [0.05, 0.1) is 5.52 Å². The maximum atomic E-state index is 6.19. The Hall–Kier alpha value is -1.57. The highest BCUT2D eigenvalue weighted by Crippen LogP contribution is 2.32. The summed E-state index contributed by atoms with van der Waals surface area (Å²) in [6.07, 6.45) is 0.